The Morgan fingerprint density at radius 3 is 2.78 bits per heavy atom. The highest BCUT2D eigenvalue weighted by Gasteiger charge is 2.14. The van der Waals surface area contributed by atoms with Gasteiger partial charge in [0, 0.05) is 19.0 Å². The van der Waals surface area contributed by atoms with Crippen molar-refractivity contribution in [2.24, 2.45) is 0 Å². The Kier molecular flexibility index (Phi) is 5.65. The lowest BCUT2D eigenvalue weighted by molar-refractivity contribution is -0.124. The normalized spacial score (nSPS) is 11.9. The van der Waals surface area contributed by atoms with Crippen LogP contribution in [-0.4, -0.2) is 36.0 Å². The van der Waals surface area contributed by atoms with Crippen LogP contribution in [-0.2, 0) is 21.2 Å². The molecular formula is C18H18N4O4S. The van der Waals surface area contributed by atoms with Crippen LogP contribution in [0.2, 0.25) is 0 Å². The molecule has 4 N–H and O–H groups in total. The van der Waals surface area contributed by atoms with Crippen LogP contribution in [0.15, 0.2) is 59.5 Å². The van der Waals surface area contributed by atoms with Crippen LogP contribution in [0.3, 0.4) is 0 Å². The molecule has 1 heterocycles. The molecule has 3 rings (SSSR count). The molecule has 0 aliphatic heterocycles. The first kappa shape index (κ1) is 18.8. The standard InChI is InChI=1S/C18H18N4O4S/c23-18(22-24)9-8-13-4-3-5-14(12-13)27(25,26)19-11-10-17-20-15-6-1-2-7-16(15)21-17/h1-9,12,19,24H,10-11H2,(H,20,21)(H,22,23)/b9-8+. The van der Waals surface area contributed by atoms with E-state index in [4.69, 9.17) is 5.21 Å². The maximum Gasteiger partial charge on any atom is 0.267 e. The third-order valence-corrected chi connectivity index (χ3v) is 5.26. The third kappa shape index (κ3) is 4.79. The van der Waals surface area contributed by atoms with Gasteiger partial charge in [-0.05, 0) is 35.9 Å². The van der Waals surface area contributed by atoms with Crippen molar-refractivity contribution >= 4 is 33.0 Å². The zero-order valence-electron chi connectivity index (χ0n) is 14.2. The molecule has 0 saturated heterocycles. The van der Waals surface area contributed by atoms with Crippen molar-refractivity contribution in [1.82, 2.24) is 20.2 Å². The molecule has 0 atom stereocenters. The molecule has 140 valence electrons. The third-order valence-electron chi connectivity index (χ3n) is 3.80. The molecule has 1 amide bonds. The second-order valence-corrected chi connectivity index (χ2v) is 7.50. The average molecular weight is 386 g/mol. The van der Waals surface area contributed by atoms with E-state index in [1.807, 2.05) is 24.3 Å². The Bertz CT molecular complexity index is 1060. The van der Waals surface area contributed by atoms with Gasteiger partial charge in [0.15, 0.2) is 0 Å². The summed E-state index contributed by atoms with van der Waals surface area (Å²) < 4.78 is 27.5. The van der Waals surface area contributed by atoms with Crippen molar-refractivity contribution in [2.75, 3.05) is 6.54 Å². The molecule has 0 bridgehead atoms. The summed E-state index contributed by atoms with van der Waals surface area (Å²) in [5.41, 5.74) is 3.72. The lowest BCUT2D eigenvalue weighted by Crippen LogP contribution is -2.26. The number of aromatic nitrogens is 2. The van der Waals surface area contributed by atoms with Gasteiger partial charge in [-0.3, -0.25) is 10.0 Å². The number of sulfonamides is 1. The summed E-state index contributed by atoms with van der Waals surface area (Å²) in [5, 5.41) is 8.47. The van der Waals surface area contributed by atoms with Gasteiger partial charge >= 0.3 is 0 Å². The zero-order valence-corrected chi connectivity index (χ0v) is 15.0. The maximum absolute atomic E-state index is 12.5. The van der Waals surface area contributed by atoms with Crippen LogP contribution >= 0.6 is 0 Å². The Balaban J connectivity index is 1.65. The lowest BCUT2D eigenvalue weighted by atomic mass is 10.2. The van der Waals surface area contributed by atoms with Gasteiger partial charge < -0.3 is 4.98 Å². The molecule has 0 fully saturated rings. The minimum atomic E-state index is -3.70. The molecule has 27 heavy (non-hydrogen) atoms. The van der Waals surface area contributed by atoms with Crippen LogP contribution < -0.4 is 10.2 Å². The van der Waals surface area contributed by atoms with E-state index < -0.39 is 15.9 Å². The first-order valence-corrected chi connectivity index (χ1v) is 9.62. The summed E-state index contributed by atoms with van der Waals surface area (Å²) in [6.07, 6.45) is 2.92. The first-order chi connectivity index (χ1) is 13.0. The molecule has 0 aliphatic carbocycles. The highest BCUT2D eigenvalue weighted by molar-refractivity contribution is 7.89. The van der Waals surface area contributed by atoms with E-state index in [2.05, 4.69) is 14.7 Å². The summed E-state index contributed by atoms with van der Waals surface area (Å²) in [5.74, 6) is -0.00202. The fourth-order valence-corrected chi connectivity index (χ4v) is 3.59. The number of H-pyrrole nitrogens is 1. The molecule has 3 aromatic rings. The highest BCUT2D eigenvalue weighted by atomic mass is 32.2. The van der Waals surface area contributed by atoms with Crippen molar-refractivity contribution in [1.29, 1.82) is 0 Å². The van der Waals surface area contributed by atoms with Gasteiger partial charge in [0.05, 0.1) is 15.9 Å². The van der Waals surface area contributed by atoms with Crippen LogP contribution in [0.4, 0.5) is 0 Å². The monoisotopic (exact) mass is 386 g/mol. The van der Waals surface area contributed by atoms with Crippen molar-refractivity contribution in [3.8, 4) is 0 Å². The number of benzene rings is 2. The van der Waals surface area contributed by atoms with E-state index in [1.165, 1.54) is 23.7 Å². The van der Waals surface area contributed by atoms with Gasteiger partial charge in [-0.1, -0.05) is 24.3 Å². The number of hydrogen-bond acceptors (Lipinski definition) is 5. The molecule has 9 heteroatoms. The Labute approximate surface area is 156 Å². The largest absolute Gasteiger partial charge is 0.342 e. The minimum Gasteiger partial charge on any atom is -0.342 e. The number of hydroxylamine groups is 1. The fourth-order valence-electron chi connectivity index (χ4n) is 2.51. The number of carbonyl (C=O) groups is 1. The van der Waals surface area contributed by atoms with Gasteiger partial charge in [0.2, 0.25) is 10.0 Å². The predicted molar refractivity (Wildman–Crippen MR) is 100 cm³/mol. The molecule has 0 aliphatic rings. The van der Waals surface area contributed by atoms with Crippen molar-refractivity contribution in [3.63, 3.8) is 0 Å². The highest BCUT2D eigenvalue weighted by Crippen LogP contribution is 2.13. The van der Waals surface area contributed by atoms with Crippen molar-refractivity contribution < 1.29 is 18.4 Å². The summed E-state index contributed by atoms with van der Waals surface area (Å²) in [6.45, 7) is 0.190. The van der Waals surface area contributed by atoms with E-state index in [0.717, 1.165) is 17.1 Å². The van der Waals surface area contributed by atoms with E-state index in [1.54, 1.807) is 12.1 Å². The molecule has 0 unspecified atom stereocenters. The van der Waals surface area contributed by atoms with Crippen LogP contribution in [0.25, 0.3) is 17.1 Å². The smallest absolute Gasteiger partial charge is 0.267 e. The molecule has 0 radical (unpaired) electrons. The second kappa shape index (κ2) is 8.12. The van der Waals surface area contributed by atoms with E-state index in [-0.39, 0.29) is 11.4 Å². The second-order valence-electron chi connectivity index (χ2n) is 5.73. The summed E-state index contributed by atoms with van der Waals surface area (Å²) in [7, 11) is -3.70. The summed E-state index contributed by atoms with van der Waals surface area (Å²) in [4.78, 5) is 18.7. The molecule has 2 aromatic carbocycles. The number of imidazole rings is 1. The minimum absolute atomic E-state index is 0.0821. The topological polar surface area (TPSA) is 124 Å². The van der Waals surface area contributed by atoms with E-state index in [0.29, 0.717) is 17.8 Å². The number of nitrogens with one attached hydrogen (secondary N) is 3. The van der Waals surface area contributed by atoms with Gasteiger partial charge in [0.25, 0.3) is 5.91 Å². The fraction of sp³-hybridized carbons (Fsp3) is 0.111. The molecule has 1 aromatic heterocycles. The SMILES string of the molecule is O=C(/C=C/c1cccc(S(=O)(=O)NCCc2nc3ccccc3[nH]2)c1)NO. The average Bonchev–Trinajstić information content (AvgIpc) is 3.09. The Morgan fingerprint density at radius 2 is 2.00 bits per heavy atom. The van der Waals surface area contributed by atoms with Crippen LogP contribution in [0, 0.1) is 0 Å². The molecule has 0 saturated carbocycles. The number of rotatable bonds is 7. The molecule has 8 nitrogen and oxygen atoms in total. The molecule has 0 spiro atoms. The Hall–Kier alpha value is -3.01. The van der Waals surface area contributed by atoms with Crippen LogP contribution in [0.1, 0.15) is 11.4 Å². The number of hydrogen-bond donors (Lipinski definition) is 4. The van der Waals surface area contributed by atoms with Gasteiger partial charge in [-0.2, -0.15) is 0 Å². The van der Waals surface area contributed by atoms with Crippen molar-refractivity contribution in [3.05, 3.63) is 66.0 Å². The number of amides is 1. The summed E-state index contributed by atoms with van der Waals surface area (Å²) >= 11 is 0. The number of para-hydroxylation sites is 2. The Morgan fingerprint density at radius 1 is 1.19 bits per heavy atom. The molecular weight excluding hydrogens is 368 g/mol. The first-order valence-electron chi connectivity index (χ1n) is 8.13. The number of fused-ring (bicyclic) bond motifs is 1. The van der Waals surface area contributed by atoms with E-state index in [9.17, 15) is 13.2 Å². The number of aromatic amines is 1. The van der Waals surface area contributed by atoms with Gasteiger partial charge in [-0.15, -0.1) is 0 Å². The van der Waals surface area contributed by atoms with Gasteiger partial charge in [0.1, 0.15) is 5.82 Å². The lowest BCUT2D eigenvalue weighted by Gasteiger charge is -2.06. The van der Waals surface area contributed by atoms with Gasteiger partial charge in [-0.25, -0.2) is 23.6 Å². The predicted octanol–water partition coefficient (Wildman–Crippen LogP) is 1.60. The van der Waals surface area contributed by atoms with Crippen molar-refractivity contribution in [2.45, 2.75) is 11.3 Å². The quantitative estimate of drug-likeness (QED) is 0.279. The zero-order chi connectivity index (χ0) is 19.3. The summed E-state index contributed by atoms with van der Waals surface area (Å²) in [6, 6.07) is 13.7. The van der Waals surface area contributed by atoms with E-state index >= 15 is 0 Å². The van der Waals surface area contributed by atoms with Crippen LogP contribution in [0.5, 0.6) is 0 Å². The number of nitrogens with zero attached hydrogens (tertiary/aromatic N) is 1. The maximum atomic E-state index is 12.5. The number of carbonyl (C=O) groups excluding carboxylic acids is 1.